The van der Waals surface area contributed by atoms with Gasteiger partial charge in [-0.15, -0.1) is 0 Å². The molecule has 2 heterocycles. The molecule has 0 spiro atoms. The highest BCUT2D eigenvalue weighted by Crippen LogP contribution is 2.26. The Morgan fingerprint density at radius 1 is 1.43 bits per heavy atom. The molecule has 0 aliphatic carbocycles. The Bertz CT molecular complexity index is 216. The molecule has 0 aromatic rings. The Labute approximate surface area is 88.9 Å². The van der Waals surface area contributed by atoms with E-state index in [0.717, 1.165) is 19.5 Å². The normalized spacial score (nSPS) is 34.6. The Hall–Kier alpha value is -0.220. The summed E-state index contributed by atoms with van der Waals surface area (Å²) in [6.07, 6.45) is 3.40. The Morgan fingerprint density at radius 2 is 2.29 bits per heavy atom. The van der Waals surface area contributed by atoms with E-state index >= 15 is 0 Å². The third-order valence-corrected chi connectivity index (χ3v) is 4.42. The van der Waals surface area contributed by atoms with Gasteiger partial charge in [-0.3, -0.25) is 9.69 Å². The molecule has 2 saturated heterocycles. The summed E-state index contributed by atoms with van der Waals surface area (Å²) in [6, 6.07) is 0.651. The number of nitrogens with zero attached hydrogens (tertiary/aromatic N) is 1. The third-order valence-electron chi connectivity index (χ3n) is 3.22. The molecular weight excluding hydrogens is 198 g/mol. The summed E-state index contributed by atoms with van der Waals surface area (Å²) < 4.78 is 0. The summed E-state index contributed by atoms with van der Waals surface area (Å²) in [5.41, 5.74) is 0. The van der Waals surface area contributed by atoms with Crippen LogP contribution in [0.15, 0.2) is 0 Å². The van der Waals surface area contributed by atoms with E-state index in [9.17, 15) is 4.79 Å². The second kappa shape index (κ2) is 4.53. The summed E-state index contributed by atoms with van der Waals surface area (Å²) in [5.74, 6) is 1.76. The average Bonchev–Trinajstić information content (AvgIpc) is 2.68. The van der Waals surface area contributed by atoms with Crippen LogP contribution in [0.4, 0.5) is 0 Å². The maximum atomic E-state index is 10.8. The zero-order chi connectivity index (χ0) is 9.97. The van der Waals surface area contributed by atoms with Crippen LogP contribution in [0, 0.1) is 5.92 Å². The molecule has 3 nitrogen and oxygen atoms in total. The first-order valence-corrected chi connectivity index (χ1v) is 6.47. The lowest BCUT2D eigenvalue weighted by Gasteiger charge is -2.30. The highest BCUT2D eigenvalue weighted by Gasteiger charge is 2.32. The van der Waals surface area contributed by atoms with Crippen LogP contribution in [0.5, 0.6) is 0 Å². The molecule has 4 heteroatoms. The van der Waals surface area contributed by atoms with Crippen molar-refractivity contribution in [3.63, 3.8) is 0 Å². The van der Waals surface area contributed by atoms with Crippen molar-refractivity contribution in [3.8, 4) is 0 Å². The van der Waals surface area contributed by atoms with Crippen LogP contribution in [-0.4, -0.2) is 46.6 Å². The molecule has 2 atom stereocenters. The third kappa shape index (κ3) is 2.23. The number of carboxylic acid groups (broad SMARTS) is 1. The number of hydrogen-bond acceptors (Lipinski definition) is 3. The first-order chi connectivity index (χ1) is 6.77. The fourth-order valence-corrected chi connectivity index (χ4v) is 3.52. The molecule has 0 radical (unpaired) electrons. The number of carboxylic acids is 1. The minimum absolute atomic E-state index is 0.109. The standard InChI is InChI=1S/C10H17NO2S/c12-10(13)8-3-4-11(6-8)9-2-1-5-14-7-9/h8-9H,1-7H2,(H,12,13). The molecule has 0 amide bonds. The molecule has 2 aliphatic rings. The quantitative estimate of drug-likeness (QED) is 0.753. The predicted octanol–water partition coefficient (Wildman–Crippen LogP) is 1.29. The largest absolute Gasteiger partial charge is 0.481 e. The molecule has 0 aromatic heterocycles. The number of thioether (sulfide) groups is 1. The van der Waals surface area contributed by atoms with Gasteiger partial charge in [-0.2, -0.15) is 11.8 Å². The fraction of sp³-hybridized carbons (Fsp3) is 0.900. The average molecular weight is 215 g/mol. The molecule has 1 N–H and O–H groups in total. The number of rotatable bonds is 2. The second-order valence-electron chi connectivity index (χ2n) is 4.19. The molecule has 14 heavy (non-hydrogen) atoms. The van der Waals surface area contributed by atoms with Gasteiger partial charge >= 0.3 is 5.97 Å². The molecule has 2 fully saturated rings. The van der Waals surface area contributed by atoms with Crippen LogP contribution < -0.4 is 0 Å². The molecule has 2 rings (SSSR count). The number of carbonyl (C=O) groups is 1. The van der Waals surface area contributed by atoms with Crippen LogP contribution >= 0.6 is 11.8 Å². The Morgan fingerprint density at radius 3 is 2.86 bits per heavy atom. The van der Waals surface area contributed by atoms with E-state index in [-0.39, 0.29) is 5.92 Å². The minimum Gasteiger partial charge on any atom is -0.481 e. The van der Waals surface area contributed by atoms with Crippen LogP contribution in [0.3, 0.4) is 0 Å². The minimum atomic E-state index is -0.615. The van der Waals surface area contributed by atoms with Gasteiger partial charge in [-0.1, -0.05) is 0 Å². The second-order valence-corrected chi connectivity index (χ2v) is 5.34. The maximum absolute atomic E-state index is 10.8. The van der Waals surface area contributed by atoms with Crippen molar-refractivity contribution >= 4 is 17.7 Å². The summed E-state index contributed by atoms with van der Waals surface area (Å²) in [4.78, 5) is 13.2. The van der Waals surface area contributed by atoms with E-state index in [4.69, 9.17) is 5.11 Å². The lowest BCUT2D eigenvalue weighted by molar-refractivity contribution is -0.141. The SMILES string of the molecule is O=C(O)C1CCN(C2CCCSC2)C1. The molecule has 0 bridgehead atoms. The molecule has 2 aliphatic heterocycles. The predicted molar refractivity (Wildman–Crippen MR) is 57.7 cm³/mol. The van der Waals surface area contributed by atoms with Gasteiger partial charge in [-0.25, -0.2) is 0 Å². The van der Waals surface area contributed by atoms with E-state index in [1.165, 1.54) is 24.3 Å². The first-order valence-electron chi connectivity index (χ1n) is 5.32. The van der Waals surface area contributed by atoms with Crippen molar-refractivity contribution in [1.82, 2.24) is 4.90 Å². The van der Waals surface area contributed by atoms with Crippen molar-refractivity contribution in [2.75, 3.05) is 24.6 Å². The van der Waals surface area contributed by atoms with Crippen LogP contribution in [0.2, 0.25) is 0 Å². The van der Waals surface area contributed by atoms with Crippen molar-refractivity contribution in [1.29, 1.82) is 0 Å². The van der Waals surface area contributed by atoms with Crippen LogP contribution in [0.1, 0.15) is 19.3 Å². The number of likely N-dealkylation sites (tertiary alicyclic amines) is 1. The molecule has 0 saturated carbocycles. The van der Waals surface area contributed by atoms with Gasteiger partial charge in [0.15, 0.2) is 0 Å². The summed E-state index contributed by atoms with van der Waals surface area (Å²) in [7, 11) is 0. The lowest BCUT2D eigenvalue weighted by atomic mass is 10.1. The zero-order valence-corrected chi connectivity index (χ0v) is 9.13. The Kier molecular flexibility index (Phi) is 3.34. The summed E-state index contributed by atoms with van der Waals surface area (Å²) in [6.45, 7) is 1.77. The van der Waals surface area contributed by atoms with Gasteiger partial charge in [-0.05, 0) is 31.6 Å². The van der Waals surface area contributed by atoms with Crippen LogP contribution in [-0.2, 0) is 4.79 Å². The van der Waals surface area contributed by atoms with Gasteiger partial charge in [0, 0.05) is 18.3 Å². The monoisotopic (exact) mass is 215 g/mol. The summed E-state index contributed by atoms with van der Waals surface area (Å²) in [5, 5.41) is 8.90. The molecule has 2 unspecified atom stereocenters. The highest BCUT2D eigenvalue weighted by molar-refractivity contribution is 7.99. The van der Waals surface area contributed by atoms with Gasteiger partial charge in [0.25, 0.3) is 0 Å². The van der Waals surface area contributed by atoms with Crippen molar-refractivity contribution < 1.29 is 9.90 Å². The zero-order valence-electron chi connectivity index (χ0n) is 8.32. The smallest absolute Gasteiger partial charge is 0.307 e. The van der Waals surface area contributed by atoms with Gasteiger partial charge in [0.2, 0.25) is 0 Å². The number of hydrogen-bond donors (Lipinski definition) is 1. The topological polar surface area (TPSA) is 40.5 Å². The molecule has 0 aromatic carbocycles. The molecule has 80 valence electrons. The number of aliphatic carboxylic acids is 1. The highest BCUT2D eigenvalue weighted by atomic mass is 32.2. The first kappa shape index (κ1) is 10.3. The van der Waals surface area contributed by atoms with E-state index in [1.54, 1.807) is 0 Å². The van der Waals surface area contributed by atoms with Crippen LogP contribution in [0.25, 0.3) is 0 Å². The lowest BCUT2D eigenvalue weighted by Crippen LogP contribution is -2.37. The van der Waals surface area contributed by atoms with Crippen molar-refractivity contribution in [3.05, 3.63) is 0 Å². The maximum Gasteiger partial charge on any atom is 0.307 e. The van der Waals surface area contributed by atoms with Gasteiger partial charge in [0.05, 0.1) is 5.92 Å². The Balaban J connectivity index is 1.85. The molecular formula is C10H17NO2S. The van der Waals surface area contributed by atoms with Gasteiger partial charge in [0.1, 0.15) is 0 Å². The van der Waals surface area contributed by atoms with Gasteiger partial charge < -0.3 is 5.11 Å². The van der Waals surface area contributed by atoms with E-state index in [1.807, 2.05) is 11.8 Å². The summed E-state index contributed by atoms with van der Waals surface area (Å²) >= 11 is 2.01. The van der Waals surface area contributed by atoms with Crippen molar-refractivity contribution in [2.45, 2.75) is 25.3 Å². The van der Waals surface area contributed by atoms with E-state index in [2.05, 4.69) is 4.90 Å². The van der Waals surface area contributed by atoms with E-state index < -0.39 is 5.97 Å². The van der Waals surface area contributed by atoms with E-state index in [0.29, 0.717) is 6.04 Å². The fourth-order valence-electron chi connectivity index (χ4n) is 2.33. The van der Waals surface area contributed by atoms with Crippen molar-refractivity contribution in [2.24, 2.45) is 5.92 Å².